The van der Waals surface area contributed by atoms with Crippen LogP contribution < -0.4 is 24.0 Å². The van der Waals surface area contributed by atoms with Crippen molar-refractivity contribution in [1.29, 1.82) is 0 Å². The predicted molar refractivity (Wildman–Crippen MR) is 26.5 cm³/mol. The van der Waals surface area contributed by atoms with Gasteiger partial charge in [0.2, 0.25) is 0 Å². The Morgan fingerprint density at radius 1 is 1.00 bits per heavy atom. The summed E-state index contributed by atoms with van der Waals surface area (Å²) in [5.74, 6) is 0. The maximum absolute atomic E-state index is 2.86. The van der Waals surface area contributed by atoms with Gasteiger partial charge in [0, 0.05) is 12.4 Å². The van der Waals surface area contributed by atoms with Crippen molar-refractivity contribution >= 4 is 23.1 Å². The van der Waals surface area contributed by atoms with Crippen LogP contribution in [-0.4, -0.2) is 28.0 Å². The molecule has 0 bridgehead atoms. The topological polar surface area (TPSA) is 15.8 Å². The van der Waals surface area contributed by atoms with Gasteiger partial charge >= 0.3 is 23.1 Å². The van der Waals surface area contributed by atoms with Crippen molar-refractivity contribution in [3.05, 3.63) is 24.5 Å². The van der Waals surface area contributed by atoms with Crippen LogP contribution in [0, 0.1) is 0 Å². The number of aromatic nitrogens is 1. The Kier molecular flexibility index (Phi) is 10.4. The van der Waals surface area contributed by atoms with Crippen LogP contribution in [0.5, 0.6) is 0 Å². The average Bonchev–Trinajstić information content (AvgIpc) is 1.76. The fraction of sp³-hybridized carbons (Fsp3) is 0. The molecular weight excluding hydrogens is 213 g/mol. The Hall–Kier alpha value is 0.776. The van der Waals surface area contributed by atoms with E-state index in [1.54, 1.807) is 0 Å². The number of hydrogen-bond acceptors (Lipinski definition) is 0. The van der Waals surface area contributed by atoms with Gasteiger partial charge in [0.05, 0.1) is 0 Å². The molecule has 0 unspecified atom stereocenters. The fourth-order valence-electron chi connectivity index (χ4n) is 0.278. The molecule has 0 aromatic carbocycles. The normalized spacial score (nSPS) is 5.71. The van der Waals surface area contributed by atoms with Crippen LogP contribution in [0.25, 0.3) is 0 Å². The third-order valence-corrected chi connectivity index (χ3v) is 0.496. The molecule has 1 N–H and O–H groups in total. The Labute approximate surface area is 76.1 Å². The molecule has 0 atom stereocenters. The van der Waals surface area contributed by atoms with Crippen molar-refractivity contribution in [2.24, 2.45) is 0 Å². The molecule has 1 aromatic rings. The van der Waals surface area contributed by atoms with Crippen molar-refractivity contribution in [2.75, 3.05) is 0 Å². The van der Waals surface area contributed by atoms with Gasteiger partial charge in [-0.25, -0.2) is 0 Å². The first-order chi connectivity index (χ1) is 2.50. The molecule has 7 heavy (non-hydrogen) atoms. The van der Waals surface area contributed by atoms with Gasteiger partial charge in [-0.3, -0.25) is 0 Å². The van der Waals surface area contributed by atoms with E-state index in [0.717, 1.165) is 0 Å². The zero-order valence-corrected chi connectivity index (χ0v) is 7.47. The average molecular weight is 218 g/mol. The number of aromatic amines is 1. The second-order valence-electron chi connectivity index (χ2n) is 0.885. The molecule has 1 rings (SSSR count). The van der Waals surface area contributed by atoms with Crippen LogP contribution in [-0.2, 0) is 0 Å². The second kappa shape index (κ2) is 6.78. The van der Waals surface area contributed by atoms with Gasteiger partial charge in [-0.05, 0) is 12.1 Å². The molecule has 0 fully saturated rings. The molecule has 1 heterocycles. The van der Waals surface area contributed by atoms with Gasteiger partial charge in [0.15, 0.2) is 0 Å². The minimum atomic E-state index is 0. The summed E-state index contributed by atoms with van der Waals surface area (Å²) < 4.78 is 0. The van der Waals surface area contributed by atoms with E-state index in [4.69, 9.17) is 0 Å². The van der Waals surface area contributed by atoms with E-state index in [9.17, 15) is 0 Å². The standard InChI is InChI=1S/C4H5N.HI.Mg/c1-2-4-5-3-1;;/h1-5H;1H;/q;;+2/p-1. The van der Waals surface area contributed by atoms with Gasteiger partial charge in [-0.1, -0.05) is 0 Å². The third-order valence-electron chi connectivity index (χ3n) is 0.496. The van der Waals surface area contributed by atoms with Crippen LogP contribution in [0.2, 0.25) is 0 Å². The van der Waals surface area contributed by atoms with Gasteiger partial charge in [0.25, 0.3) is 0 Å². The maximum Gasteiger partial charge on any atom is 2.00 e. The fourth-order valence-corrected chi connectivity index (χ4v) is 0.278. The van der Waals surface area contributed by atoms with E-state index in [0.29, 0.717) is 0 Å². The summed E-state index contributed by atoms with van der Waals surface area (Å²) in [5.41, 5.74) is 0. The number of H-pyrrole nitrogens is 1. The van der Waals surface area contributed by atoms with Crippen LogP contribution >= 0.6 is 0 Å². The summed E-state index contributed by atoms with van der Waals surface area (Å²) in [7, 11) is 0. The van der Waals surface area contributed by atoms with E-state index in [1.807, 2.05) is 24.5 Å². The first-order valence-electron chi connectivity index (χ1n) is 1.58. The maximum atomic E-state index is 2.86. The first kappa shape index (κ1) is 10.7. The molecule has 0 saturated carbocycles. The Balaban J connectivity index is 0. The zero-order valence-electron chi connectivity index (χ0n) is 3.89. The largest absolute Gasteiger partial charge is 2.00 e. The molecule has 3 heteroatoms. The van der Waals surface area contributed by atoms with Crippen molar-refractivity contribution in [2.45, 2.75) is 0 Å². The van der Waals surface area contributed by atoms with E-state index >= 15 is 0 Å². The van der Waals surface area contributed by atoms with Gasteiger partial charge in [0.1, 0.15) is 0 Å². The quantitative estimate of drug-likeness (QED) is 0.370. The molecule has 0 spiro atoms. The molecule has 1 nitrogen and oxygen atoms in total. The van der Waals surface area contributed by atoms with Crippen molar-refractivity contribution in [3.8, 4) is 0 Å². The molecule has 0 aliphatic rings. The van der Waals surface area contributed by atoms with E-state index in [1.165, 1.54) is 0 Å². The van der Waals surface area contributed by atoms with Gasteiger partial charge < -0.3 is 29.0 Å². The van der Waals surface area contributed by atoms with Crippen molar-refractivity contribution in [1.82, 2.24) is 4.98 Å². The monoisotopic (exact) mass is 218 g/mol. The molecule has 0 radical (unpaired) electrons. The smallest absolute Gasteiger partial charge is 1.00 e. The van der Waals surface area contributed by atoms with Crippen LogP contribution in [0.4, 0.5) is 0 Å². The SMILES string of the molecule is [I-].[Mg+2].c1cc[nH]c1. The summed E-state index contributed by atoms with van der Waals surface area (Å²) >= 11 is 0. The van der Waals surface area contributed by atoms with Crippen molar-refractivity contribution in [3.63, 3.8) is 0 Å². The minimum absolute atomic E-state index is 0. The summed E-state index contributed by atoms with van der Waals surface area (Å²) in [5, 5.41) is 0. The number of nitrogens with one attached hydrogen (secondary N) is 1. The summed E-state index contributed by atoms with van der Waals surface area (Å²) in [6.07, 6.45) is 3.75. The molecule has 0 amide bonds. The molecule has 0 aliphatic carbocycles. The van der Waals surface area contributed by atoms with Gasteiger partial charge in [-0.2, -0.15) is 0 Å². The Morgan fingerprint density at radius 2 is 1.43 bits per heavy atom. The first-order valence-corrected chi connectivity index (χ1v) is 1.58. The second-order valence-corrected chi connectivity index (χ2v) is 0.885. The van der Waals surface area contributed by atoms with Gasteiger partial charge in [-0.15, -0.1) is 0 Å². The van der Waals surface area contributed by atoms with Crippen LogP contribution in [0.1, 0.15) is 0 Å². The minimum Gasteiger partial charge on any atom is -1.00 e. The van der Waals surface area contributed by atoms with Crippen LogP contribution in [0.15, 0.2) is 24.5 Å². The molecule has 0 aliphatic heterocycles. The molecule has 34 valence electrons. The molecule has 1 aromatic heterocycles. The van der Waals surface area contributed by atoms with E-state index in [2.05, 4.69) is 4.98 Å². The summed E-state index contributed by atoms with van der Waals surface area (Å²) in [4.78, 5) is 2.86. The number of halogens is 1. The third kappa shape index (κ3) is 4.63. The van der Waals surface area contributed by atoms with E-state index < -0.39 is 0 Å². The number of hydrogen-bond donors (Lipinski definition) is 1. The zero-order chi connectivity index (χ0) is 3.54. The summed E-state index contributed by atoms with van der Waals surface area (Å²) in [6, 6.07) is 3.89. The Bertz CT molecular complexity index is 68.2. The number of rotatable bonds is 0. The Morgan fingerprint density at radius 3 is 1.57 bits per heavy atom. The van der Waals surface area contributed by atoms with Crippen LogP contribution in [0.3, 0.4) is 0 Å². The summed E-state index contributed by atoms with van der Waals surface area (Å²) in [6.45, 7) is 0. The predicted octanol–water partition coefficient (Wildman–Crippen LogP) is -2.36. The molecule has 0 saturated heterocycles. The van der Waals surface area contributed by atoms with Crippen molar-refractivity contribution < 1.29 is 24.0 Å². The molecular formula is C4H5IMgN+. The van der Waals surface area contributed by atoms with E-state index in [-0.39, 0.29) is 47.0 Å².